The molecule has 1 fully saturated rings. The summed E-state index contributed by atoms with van der Waals surface area (Å²) in [5.74, 6) is 0. The van der Waals surface area contributed by atoms with Crippen molar-refractivity contribution in [2.24, 2.45) is 0 Å². The van der Waals surface area contributed by atoms with E-state index < -0.39 is 42.6 Å². The maximum Gasteiger partial charge on any atom is 0.118 e. The molecule has 120 valence electrons. The molecule has 8 nitrogen and oxygen atoms in total. The maximum absolute atomic E-state index is 10.2. The van der Waals surface area contributed by atoms with E-state index in [0.29, 0.717) is 6.54 Å². The SMILES string of the molecule is CCN(C(CO)CO)[C@H]1C[C@@](O)(CO)[C@H](O)[C@@H](O)[C@@H]1O. The van der Waals surface area contributed by atoms with Crippen LogP contribution in [0.5, 0.6) is 0 Å². The van der Waals surface area contributed by atoms with Gasteiger partial charge >= 0.3 is 0 Å². The van der Waals surface area contributed by atoms with Gasteiger partial charge in [-0.1, -0.05) is 6.92 Å². The number of hydrogen-bond acceptors (Lipinski definition) is 8. The number of aliphatic hydroxyl groups excluding tert-OH is 6. The van der Waals surface area contributed by atoms with Crippen LogP contribution in [0.15, 0.2) is 0 Å². The largest absolute Gasteiger partial charge is 0.395 e. The minimum Gasteiger partial charge on any atom is -0.395 e. The summed E-state index contributed by atoms with van der Waals surface area (Å²) in [5.41, 5.74) is -1.94. The zero-order valence-corrected chi connectivity index (χ0v) is 11.5. The topological polar surface area (TPSA) is 145 Å². The molecule has 0 bridgehead atoms. The van der Waals surface area contributed by atoms with E-state index in [2.05, 4.69) is 0 Å². The highest BCUT2D eigenvalue weighted by Crippen LogP contribution is 2.32. The van der Waals surface area contributed by atoms with Crippen molar-refractivity contribution in [1.82, 2.24) is 4.90 Å². The van der Waals surface area contributed by atoms with E-state index in [1.807, 2.05) is 0 Å². The fourth-order valence-electron chi connectivity index (χ4n) is 2.84. The van der Waals surface area contributed by atoms with Crippen molar-refractivity contribution < 1.29 is 35.7 Å². The van der Waals surface area contributed by atoms with Crippen LogP contribution >= 0.6 is 0 Å². The number of aliphatic hydroxyl groups is 7. The Kier molecular flexibility index (Phi) is 6.29. The van der Waals surface area contributed by atoms with Crippen molar-refractivity contribution in [1.29, 1.82) is 0 Å². The molecule has 0 saturated heterocycles. The molecule has 20 heavy (non-hydrogen) atoms. The first kappa shape index (κ1) is 17.7. The molecule has 1 saturated carbocycles. The summed E-state index contributed by atoms with van der Waals surface area (Å²) in [6.45, 7) is 0.598. The van der Waals surface area contributed by atoms with Gasteiger partial charge in [-0.15, -0.1) is 0 Å². The maximum atomic E-state index is 10.2. The standard InChI is InChI=1S/C12H25NO7/c1-2-13(7(4-14)5-15)8-3-12(20,6-16)11(19)10(18)9(8)17/h7-11,14-20H,2-6H2,1H3/t8-,9+,10-,11+,12+/m0/s1. The lowest BCUT2D eigenvalue weighted by atomic mass is 9.75. The Morgan fingerprint density at radius 3 is 2.05 bits per heavy atom. The number of rotatable bonds is 6. The fraction of sp³-hybridized carbons (Fsp3) is 1.00. The van der Waals surface area contributed by atoms with Crippen molar-refractivity contribution in [3.05, 3.63) is 0 Å². The third kappa shape index (κ3) is 3.12. The molecule has 0 aliphatic heterocycles. The Bertz CT molecular complexity index is 302. The normalized spacial score (nSPS) is 38.7. The zero-order chi connectivity index (χ0) is 15.5. The highest BCUT2D eigenvalue weighted by molar-refractivity contribution is 5.05. The Morgan fingerprint density at radius 1 is 1.10 bits per heavy atom. The summed E-state index contributed by atoms with van der Waals surface area (Å²) in [5, 5.41) is 67.5. The predicted octanol–water partition coefficient (Wildman–Crippen LogP) is -3.76. The molecule has 0 amide bonds. The second-order valence-electron chi connectivity index (χ2n) is 5.31. The lowest BCUT2D eigenvalue weighted by Crippen LogP contribution is -2.68. The van der Waals surface area contributed by atoms with E-state index in [-0.39, 0.29) is 19.6 Å². The van der Waals surface area contributed by atoms with Gasteiger partial charge in [-0.2, -0.15) is 0 Å². The lowest BCUT2D eigenvalue weighted by molar-refractivity contribution is -0.222. The van der Waals surface area contributed by atoms with E-state index >= 15 is 0 Å². The molecule has 1 rings (SSSR count). The average molecular weight is 295 g/mol. The summed E-state index contributed by atoms with van der Waals surface area (Å²) >= 11 is 0. The number of hydrogen-bond donors (Lipinski definition) is 7. The Balaban J connectivity index is 3.02. The number of likely N-dealkylation sites (N-methyl/N-ethyl adjacent to an activating group) is 1. The minimum absolute atomic E-state index is 0.187. The van der Waals surface area contributed by atoms with E-state index in [4.69, 9.17) is 0 Å². The van der Waals surface area contributed by atoms with Crippen LogP contribution in [0.4, 0.5) is 0 Å². The third-order valence-corrected chi connectivity index (χ3v) is 4.14. The van der Waals surface area contributed by atoms with E-state index in [0.717, 1.165) is 0 Å². The molecule has 0 radical (unpaired) electrons. The lowest BCUT2D eigenvalue weighted by Gasteiger charge is -2.49. The zero-order valence-electron chi connectivity index (χ0n) is 11.5. The van der Waals surface area contributed by atoms with Crippen LogP contribution in [-0.2, 0) is 0 Å². The second-order valence-corrected chi connectivity index (χ2v) is 5.31. The Hall–Kier alpha value is -0.320. The van der Waals surface area contributed by atoms with Gasteiger partial charge in [0, 0.05) is 6.04 Å². The van der Waals surface area contributed by atoms with Gasteiger partial charge in [-0.05, 0) is 13.0 Å². The molecule has 5 atom stereocenters. The first-order valence-electron chi connectivity index (χ1n) is 6.71. The van der Waals surface area contributed by atoms with Gasteiger partial charge in [0.2, 0.25) is 0 Å². The van der Waals surface area contributed by atoms with Gasteiger partial charge in [0.1, 0.15) is 17.8 Å². The van der Waals surface area contributed by atoms with Crippen LogP contribution in [0.1, 0.15) is 13.3 Å². The van der Waals surface area contributed by atoms with Crippen LogP contribution in [0.2, 0.25) is 0 Å². The molecule has 0 aromatic rings. The van der Waals surface area contributed by atoms with Crippen molar-refractivity contribution >= 4 is 0 Å². The summed E-state index contributed by atoms with van der Waals surface area (Å²) in [6, 6.07) is -1.47. The molecule has 0 aromatic carbocycles. The van der Waals surface area contributed by atoms with Crippen LogP contribution in [0.3, 0.4) is 0 Å². The van der Waals surface area contributed by atoms with Crippen molar-refractivity contribution in [3.63, 3.8) is 0 Å². The van der Waals surface area contributed by atoms with Crippen LogP contribution in [0, 0.1) is 0 Å². The van der Waals surface area contributed by atoms with Gasteiger partial charge < -0.3 is 35.7 Å². The molecule has 1 aliphatic carbocycles. The first-order valence-corrected chi connectivity index (χ1v) is 6.71. The van der Waals surface area contributed by atoms with E-state index in [9.17, 15) is 35.7 Å². The molecular weight excluding hydrogens is 270 g/mol. The summed E-state index contributed by atoms with van der Waals surface area (Å²) < 4.78 is 0. The molecule has 0 spiro atoms. The molecule has 7 N–H and O–H groups in total. The quantitative estimate of drug-likeness (QED) is 0.264. The highest BCUT2D eigenvalue weighted by Gasteiger charge is 2.53. The van der Waals surface area contributed by atoms with Gasteiger partial charge in [0.15, 0.2) is 0 Å². The highest BCUT2D eigenvalue weighted by atomic mass is 16.4. The molecule has 1 aliphatic rings. The minimum atomic E-state index is -1.94. The summed E-state index contributed by atoms with van der Waals surface area (Å²) in [4.78, 5) is 1.54. The van der Waals surface area contributed by atoms with Crippen molar-refractivity contribution in [2.75, 3.05) is 26.4 Å². The van der Waals surface area contributed by atoms with E-state index in [1.54, 1.807) is 11.8 Å². The Morgan fingerprint density at radius 2 is 1.65 bits per heavy atom. The van der Waals surface area contributed by atoms with Crippen LogP contribution in [-0.4, -0.2) is 103 Å². The van der Waals surface area contributed by atoms with Gasteiger partial charge in [-0.3, -0.25) is 4.90 Å². The van der Waals surface area contributed by atoms with E-state index in [1.165, 1.54) is 0 Å². The smallest absolute Gasteiger partial charge is 0.118 e. The van der Waals surface area contributed by atoms with Crippen molar-refractivity contribution in [3.8, 4) is 0 Å². The molecule has 8 heteroatoms. The van der Waals surface area contributed by atoms with Crippen molar-refractivity contribution in [2.45, 2.75) is 49.3 Å². The van der Waals surface area contributed by atoms with Gasteiger partial charge in [-0.25, -0.2) is 0 Å². The predicted molar refractivity (Wildman–Crippen MR) is 68.8 cm³/mol. The van der Waals surface area contributed by atoms with Gasteiger partial charge in [0.05, 0.1) is 32.0 Å². The number of nitrogens with zero attached hydrogens (tertiary/aromatic N) is 1. The third-order valence-electron chi connectivity index (χ3n) is 4.14. The molecular formula is C12H25NO7. The van der Waals surface area contributed by atoms with Crippen LogP contribution < -0.4 is 0 Å². The average Bonchev–Trinajstić information content (AvgIpc) is 2.46. The first-order chi connectivity index (χ1) is 9.36. The second kappa shape index (κ2) is 7.10. The Labute approximate surface area is 117 Å². The summed E-state index contributed by atoms with van der Waals surface area (Å²) in [7, 11) is 0. The molecule has 0 heterocycles. The molecule has 0 unspecified atom stereocenters. The summed E-state index contributed by atoms with van der Waals surface area (Å²) in [6.07, 6.45) is -4.85. The van der Waals surface area contributed by atoms with Gasteiger partial charge in [0.25, 0.3) is 0 Å². The van der Waals surface area contributed by atoms with Crippen LogP contribution in [0.25, 0.3) is 0 Å². The molecule has 0 aromatic heterocycles. The fourth-order valence-corrected chi connectivity index (χ4v) is 2.84. The monoisotopic (exact) mass is 295 g/mol.